The van der Waals surface area contributed by atoms with E-state index in [1.165, 1.54) is 0 Å². The molecule has 1 aromatic carbocycles. The lowest BCUT2D eigenvalue weighted by atomic mass is 10.2. The van der Waals surface area contributed by atoms with Crippen LogP contribution < -0.4 is 0 Å². The first-order valence-electron chi connectivity index (χ1n) is 8.54. The quantitative estimate of drug-likeness (QED) is 0.746. The lowest BCUT2D eigenvalue weighted by molar-refractivity contribution is -0.142. The van der Waals surface area contributed by atoms with Crippen molar-refractivity contribution in [1.29, 1.82) is 0 Å². The Hall–Kier alpha value is -2.28. The fraction of sp³-hybridized carbons (Fsp3) is 0.529. The number of aliphatic carboxylic acids is 1. The average Bonchev–Trinajstić information content (AvgIpc) is 3.24. The molecular formula is C17H23N5O2. The molecule has 0 amide bonds. The first-order chi connectivity index (χ1) is 11.7. The normalized spacial score (nSPS) is 18.1. The van der Waals surface area contributed by atoms with E-state index in [0.717, 1.165) is 57.3 Å². The number of hydrogen-bond acceptors (Lipinski definition) is 5. The molecule has 0 radical (unpaired) electrons. The van der Waals surface area contributed by atoms with Crippen molar-refractivity contribution in [2.24, 2.45) is 0 Å². The van der Waals surface area contributed by atoms with Crippen molar-refractivity contribution >= 4 is 5.97 Å². The molecule has 1 N–H and O–H groups in total. The molecule has 128 valence electrons. The van der Waals surface area contributed by atoms with Gasteiger partial charge in [-0.25, -0.2) is 0 Å². The highest BCUT2D eigenvalue weighted by Gasteiger charge is 2.29. The summed E-state index contributed by atoms with van der Waals surface area (Å²) >= 11 is 0. The van der Waals surface area contributed by atoms with Crippen LogP contribution in [0, 0.1) is 0 Å². The number of tetrazole rings is 1. The van der Waals surface area contributed by atoms with E-state index in [1.807, 2.05) is 30.3 Å². The third-order valence-electron chi connectivity index (χ3n) is 4.44. The maximum atomic E-state index is 11.1. The van der Waals surface area contributed by atoms with E-state index in [1.54, 1.807) is 4.80 Å². The molecule has 7 nitrogen and oxygen atoms in total. The van der Waals surface area contributed by atoms with Gasteiger partial charge in [-0.1, -0.05) is 36.8 Å². The zero-order valence-corrected chi connectivity index (χ0v) is 13.7. The molecule has 0 bridgehead atoms. The number of benzene rings is 1. The van der Waals surface area contributed by atoms with E-state index in [-0.39, 0.29) is 6.04 Å². The number of rotatable bonds is 8. The van der Waals surface area contributed by atoms with Crippen LogP contribution in [0.4, 0.5) is 0 Å². The van der Waals surface area contributed by atoms with Gasteiger partial charge in [0.1, 0.15) is 6.04 Å². The van der Waals surface area contributed by atoms with Gasteiger partial charge in [0, 0.05) is 5.56 Å². The number of unbranched alkanes of at least 4 members (excludes halogenated alkanes) is 2. The molecule has 1 aliphatic rings. The Morgan fingerprint density at radius 2 is 1.96 bits per heavy atom. The highest BCUT2D eigenvalue weighted by Crippen LogP contribution is 2.18. The second-order valence-electron chi connectivity index (χ2n) is 6.17. The fourth-order valence-electron chi connectivity index (χ4n) is 3.16. The summed E-state index contributed by atoms with van der Waals surface area (Å²) in [4.78, 5) is 14.9. The molecule has 1 fully saturated rings. The Morgan fingerprint density at radius 1 is 1.17 bits per heavy atom. The molecule has 24 heavy (non-hydrogen) atoms. The number of carbonyl (C=O) groups is 1. The van der Waals surface area contributed by atoms with Gasteiger partial charge in [-0.3, -0.25) is 9.69 Å². The van der Waals surface area contributed by atoms with E-state index in [0.29, 0.717) is 5.82 Å². The molecule has 0 saturated carbocycles. The number of hydrogen-bond donors (Lipinski definition) is 1. The van der Waals surface area contributed by atoms with E-state index >= 15 is 0 Å². The van der Waals surface area contributed by atoms with Crippen molar-refractivity contribution in [3.05, 3.63) is 30.3 Å². The number of carboxylic acids is 1. The molecule has 0 spiro atoms. The maximum Gasteiger partial charge on any atom is 0.320 e. The van der Waals surface area contributed by atoms with Crippen LogP contribution in [0.1, 0.15) is 32.1 Å². The van der Waals surface area contributed by atoms with Crippen molar-refractivity contribution in [3.63, 3.8) is 0 Å². The summed E-state index contributed by atoms with van der Waals surface area (Å²) in [6.45, 7) is 2.50. The summed E-state index contributed by atoms with van der Waals surface area (Å²) in [5.74, 6) is -0.0373. The Bertz CT molecular complexity index is 658. The number of aromatic nitrogens is 4. The Balaban J connectivity index is 1.38. The van der Waals surface area contributed by atoms with Crippen LogP contribution >= 0.6 is 0 Å². The van der Waals surface area contributed by atoms with Gasteiger partial charge in [0.05, 0.1) is 6.54 Å². The highest BCUT2D eigenvalue weighted by atomic mass is 16.4. The Labute approximate surface area is 141 Å². The first kappa shape index (κ1) is 16.6. The second-order valence-corrected chi connectivity index (χ2v) is 6.17. The third-order valence-corrected chi connectivity index (χ3v) is 4.44. The summed E-state index contributed by atoms with van der Waals surface area (Å²) in [6.07, 6.45) is 4.77. The summed E-state index contributed by atoms with van der Waals surface area (Å²) in [5.41, 5.74) is 0.970. The van der Waals surface area contributed by atoms with E-state index in [4.69, 9.17) is 5.11 Å². The van der Waals surface area contributed by atoms with Gasteiger partial charge in [0.25, 0.3) is 0 Å². The monoisotopic (exact) mass is 329 g/mol. The highest BCUT2D eigenvalue weighted by molar-refractivity contribution is 5.73. The SMILES string of the molecule is O=C(O)[C@H]1CCCN1CCCCCn1nnc(-c2ccccc2)n1. The van der Waals surface area contributed by atoms with Crippen LogP contribution in [-0.4, -0.2) is 55.3 Å². The number of nitrogens with zero attached hydrogens (tertiary/aromatic N) is 5. The predicted octanol–water partition coefficient (Wildman–Crippen LogP) is 2.06. The van der Waals surface area contributed by atoms with Crippen LogP contribution in [0.25, 0.3) is 11.4 Å². The Kier molecular flexibility index (Phi) is 5.53. The molecule has 3 rings (SSSR count). The van der Waals surface area contributed by atoms with Gasteiger partial charge in [0.15, 0.2) is 0 Å². The average molecular weight is 329 g/mol. The van der Waals surface area contributed by atoms with Gasteiger partial charge in [0.2, 0.25) is 5.82 Å². The van der Waals surface area contributed by atoms with Crippen molar-refractivity contribution in [3.8, 4) is 11.4 Å². The van der Waals surface area contributed by atoms with Crippen molar-refractivity contribution in [1.82, 2.24) is 25.1 Å². The van der Waals surface area contributed by atoms with Gasteiger partial charge >= 0.3 is 5.97 Å². The van der Waals surface area contributed by atoms with Crippen LogP contribution in [-0.2, 0) is 11.3 Å². The maximum absolute atomic E-state index is 11.1. The van der Waals surface area contributed by atoms with Crippen LogP contribution in [0.3, 0.4) is 0 Å². The smallest absolute Gasteiger partial charge is 0.320 e. The molecule has 0 unspecified atom stereocenters. The van der Waals surface area contributed by atoms with Gasteiger partial charge < -0.3 is 5.11 Å². The lowest BCUT2D eigenvalue weighted by Crippen LogP contribution is -2.36. The minimum atomic E-state index is -0.687. The number of likely N-dealkylation sites (tertiary alicyclic amines) is 1. The minimum absolute atomic E-state index is 0.282. The fourth-order valence-corrected chi connectivity index (χ4v) is 3.16. The molecular weight excluding hydrogens is 306 g/mol. The summed E-state index contributed by atoms with van der Waals surface area (Å²) in [6, 6.07) is 9.53. The lowest BCUT2D eigenvalue weighted by Gasteiger charge is -2.20. The zero-order chi connectivity index (χ0) is 16.8. The molecule has 0 aliphatic carbocycles. The van der Waals surface area contributed by atoms with Gasteiger partial charge in [-0.2, -0.15) is 4.80 Å². The van der Waals surface area contributed by atoms with E-state index in [2.05, 4.69) is 20.3 Å². The minimum Gasteiger partial charge on any atom is -0.480 e. The summed E-state index contributed by atoms with van der Waals surface area (Å²) in [7, 11) is 0. The van der Waals surface area contributed by atoms with Crippen molar-refractivity contribution in [2.75, 3.05) is 13.1 Å². The van der Waals surface area contributed by atoms with E-state index in [9.17, 15) is 4.79 Å². The molecule has 7 heteroatoms. The first-order valence-corrected chi connectivity index (χ1v) is 8.54. The molecule has 1 saturated heterocycles. The van der Waals surface area contributed by atoms with E-state index < -0.39 is 5.97 Å². The van der Waals surface area contributed by atoms with Crippen LogP contribution in [0.15, 0.2) is 30.3 Å². The van der Waals surface area contributed by atoms with Crippen LogP contribution in [0.2, 0.25) is 0 Å². The topological polar surface area (TPSA) is 84.1 Å². The number of carboxylic acid groups (broad SMARTS) is 1. The Morgan fingerprint density at radius 3 is 2.75 bits per heavy atom. The predicted molar refractivity (Wildman–Crippen MR) is 89.3 cm³/mol. The number of aryl methyl sites for hydroxylation is 1. The molecule has 2 heterocycles. The second kappa shape index (κ2) is 8.01. The van der Waals surface area contributed by atoms with Gasteiger partial charge in [-0.15, -0.1) is 10.2 Å². The van der Waals surface area contributed by atoms with Crippen molar-refractivity contribution in [2.45, 2.75) is 44.7 Å². The largest absolute Gasteiger partial charge is 0.480 e. The molecule has 2 aromatic rings. The van der Waals surface area contributed by atoms with Crippen molar-refractivity contribution < 1.29 is 9.90 Å². The third kappa shape index (κ3) is 4.17. The summed E-state index contributed by atoms with van der Waals surface area (Å²) in [5, 5.41) is 21.7. The van der Waals surface area contributed by atoms with Gasteiger partial charge in [-0.05, 0) is 44.0 Å². The zero-order valence-electron chi connectivity index (χ0n) is 13.7. The molecule has 1 aromatic heterocycles. The standard InChI is InChI=1S/C17H23N5O2/c23-17(24)15-10-7-12-21(15)11-5-2-6-13-22-19-16(18-20-22)14-8-3-1-4-9-14/h1,3-4,8-9,15H,2,5-7,10-13H2,(H,23,24)/t15-/m1/s1. The molecule has 1 aliphatic heterocycles. The van der Waals surface area contributed by atoms with Crippen LogP contribution in [0.5, 0.6) is 0 Å². The summed E-state index contributed by atoms with van der Waals surface area (Å²) < 4.78 is 0. The molecule has 1 atom stereocenters.